The lowest BCUT2D eigenvalue weighted by atomic mass is 10.2. The molecule has 28 heavy (non-hydrogen) atoms. The van der Waals surface area contributed by atoms with E-state index < -0.39 is 6.36 Å². The molecule has 0 atom stereocenters. The number of carbonyl (C=O) groups excluding carboxylic acids is 3. The molecule has 1 aliphatic rings. The van der Waals surface area contributed by atoms with Gasteiger partial charge in [-0.15, -0.1) is 13.2 Å². The Bertz CT molecular complexity index is 699. The van der Waals surface area contributed by atoms with Crippen LogP contribution in [0.1, 0.15) is 19.8 Å². The number of rotatable bonds is 7. The first-order valence-corrected chi connectivity index (χ1v) is 8.89. The second-order valence-electron chi connectivity index (χ2n) is 6.63. The molecule has 0 saturated carbocycles. The number of anilines is 1. The zero-order chi connectivity index (χ0) is 20.7. The molecule has 154 valence electrons. The van der Waals surface area contributed by atoms with Crippen molar-refractivity contribution in [2.75, 3.05) is 38.0 Å². The summed E-state index contributed by atoms with van der Waals surface area (Å²) in [5.74, 6) is -0.704. The van der Waals surface area contributed by atoms with Crippen molar-refractivity contribution in [3.63, 3.8) is 0 Å². The lowest BCUT2D eigenvalue weighted by Crippen LogP contribution is -3.15. The molecule has 1 fully saturated rings. The van der Waals surface area contributed by atoms with Crippen molar-refractivity contribution >= 4 is 23.3 Å². The zero-order valence-corrected chi connectivity index (χ0v) is 15.5. The van der Waals surface area contributed by atoms with Crippen molar-refractivity contribution in [1.29, 1.82) is 0 Å². The Balaban J connectivity index is 1.74. The normalized spacial score (nSPS) is 15.2. The number of nitrogens with zero attached hydrogens (tertiary/aromatic N) is 1. The molecular weight excluding hydrogens is 379 g/mol. The van der Waals surface area contributed by atoms with Crippen LogP contribution in [0.3, 0.4) is 0 Å². The third-order valence-electron chi connectivity index (χ3n) is 4.30. The van der Waals surface area contributed by atoms with Crippen molar-refractivity contribution in [2.45, 2.75) is 26.1 Å². The van der Waals surface area contributed by atoms with Gasteiger partial charge in [0.2, 0.25) is 5.91 Å². The highest BCUT2D eigenvalue weighted by atomic mass is 19.4. The largest absolute Gasteiger partial charge is 0.573 e. The maximum Gasteiger partial charge on any atom is 0.573 e. The van der Waals surface area contributed by atoms with E-state index in [1.807, 2.05) is 0 Å². The van der Waals surface area contributed by atoms with Gasteiger partial charge in [0, 0.05) is 18.5 Å². The smallest absolute Gasteiger partial charge is 0.406 e. The Morgan fingerprint density at radius 2 is 1.71 bits per heavy atom. The summed E-state index contributed by atoms with van der Waals surface area (Å²) in [6, 6.07) is 4.92. The molecule has 0 bridgehead atoms. The predicted octanol–water partition coefficient (Wildman–Crippen LogP) is 0.620. The molecule has 7 nitrogen and oxygen atoms in total. The van der Waals surface area contributed by atoms with E-state index in [1.54, 1.807) is 4.90 Å². The van der Waals surface area contributed by atoms with E-state index in [2.05, 4.69) is 10.1 Å². The second-order valence-corrected chi connectivity index (χ2v) is 6.63. The minimum Gasteiger partial charge on any atom is -0.406 e. The summed E-state index contributed by atoms with van der Waals surface area (Å²) < 4.78 is 40.2. The van der Waals surface area contributed by atoms with Crippen LogP contribution in [0.2, 0.25) is 0 Å². The number of nitrogens with one attached hydrogen (secondary N) is 2. The average molecular weight is 402 g/mol. The topological polar surface area (TPSA) is 80.2 Å². The fraction of sp³-hybridized carbons (Fsp3) is 0.500. The van der Waals surface area contributed by atoms with Gasteiger partial charge in [-0.25, -0.2) is 0 Å². The molecule has 10 heteroatoms. The van der Waals surface area contributed by atoms with Crippen LogP contribution in [0.4, 0.5) is 18.9 Å². The van der Waals surface area contributed by atoms with Crippen LogP contribution < -0.4 is 15.0 Å². The lowest BCUT2D eigenvalue weighted by Gasteiger charge is -2.31. The Hall–Kier alpha value is -2.62. The highest BCUT2D eigenvalue weighted by Gasteiger charge is 2.31. The second kappa shape index (κ2) is 9.54. The molecule has 0 aromatic heterocycles. The Morgan fingerprint density at radius 1 is 1.11 bits per heavy atom. The van der Waals surface area contributed by atoms with Crippen LogP contribution in [0.5, 0.6) is 5.75 Å². The first-order valence-electron chi connectivity index (χ1n) is 8.89. The number of amides is 2. The third-order valence-corrected chi connectivity index (χ3v) is 4.30. The number of benzene rings is 1. The van der Waals surface area contributed by atoms with Gasteiger partial charge in [0.05, 0.1) is 26.2 Å². The first-order chi connectivity index (χ1) is 13.1. The van der Waals surface area contributed by atoms with Gasteiger partial charge in [0.1, 0.15) is 11.5 Å². The molecule has 2 rings (SSSR count). The molecule has 1 heterocycles. The number of hydrogen-bond acceptors (Lipinski definition) is 4. The Labute approximate surface area is 160 Å². The van der Waals surface area contributed by atoms with Gasteiger partial charge in [-0.3, -0.25) is 9.59 Å². The molecular formula is C18H23F3N3O4+. The van der Waals surface area contributed by atoms with E-state index in [0.29, 0.717) is 31.9 Å². The SMILES string of the molecule is CC(=O)CCC(=O)N1CC[NH+](CC(=O)Nc2ccc(OC(F)(F)F)cc2)CC1. The summed E-state index contributed by atoms with van der Waals surface area (Å²) >= 11 is 0. The van der Waals surface area contributed by atoms with Crippen molar-refractivity contribution in [3.05, 3.63) is 24.3 Å². The summed E-state index contributed by atoms with van der Waals surface area (Å²) in [6.45, 7) is 3.89. The molecule has 0 aliphatic carbocycles. The van der Waals surface area contributed by atoms with E-state index in [9.17, 15) is 27.6 Å². The number of hydrogen-bond donors (Lipinski definition) is 2. The van der Waals surface area contributed by atoms with E-state index in [0.717, 1.165) is 17.0 Å². The predicted molar refractivity (Wildman–Crippen MR) is 93.8 cm³/mol. The van der Waals surface area contributed by atoms with Gasteiger partial charge >= 0.3 is 6.36 Å². The summed E-state index contributed by atoms with van der Waals surface area (Å²) in [6.07, 6.45) is -4.32. The highest BCUT2D eigenvalue weighted by Crippen LogP contribution is 2.23. The van der Waals surface area contributed by atoms with Gasteiger partial charge in [-0.1, -0.05) is 0 Å². The van der Waals surface area contributed by atoms with Crippen molar-refractivity contribution in [3.8, 4) is 5.75 Å². The van der Waals surface area contributed by atoms with Gasteiger partial charge < -0.3 is 24.6 Å². The molecule has 0 unspecified atom stereocenters. The van der Waals surface area contributed by atoms with Crippen LogP contribution in [-0.2, 0) is 14.4 Å². The zero-order valence-electron chi connectivity index (χ0n) is 15.5. The molecule has 0 radical (unpaired) electrons. The maximum absolute atomic E-state index is 12.1. The summed E-state index contributed by atoms with van der Waals surface area (Å²) in [5, 5.41) is 2.63. The molecule has 1 aromatic rings. The van der Waals surface area contributed by atoms with Crippen LogP contribution in [0.15, 0.2) is 24.3 Å². The molecule has 0 spiro atoms. The number of ketones is 1. The highest BCUT2D eigenvalue weighted by molar-refractivity contribution is 5.91. The minimum atomic E-state index is -4.76. The summed E-state index contributed by atoms with van der Waals surface area (Å²) in [4.78, 5) is 37.8. The van der Waals surface area contributed by atoms with Crippen LogP contribution >= 0.6 is 0 Å². The van der Waals surface area contributed by atoms with Crippen molar-refractivity contribution in [1.82, 2.24) is 4.90 Å². The van der Waals surface area contributed by atoms with Crippen molar-refractivity contribution < 1.29 is 37.2 Å². The standard InChI is InChI=1S/C18H22F3N3O4/c1-13(25)2-7-17(27)24-10-8-23(9-11-24)12-16(26)22-14-3-5-15(6-4-14)28-18(19,20)21/h3-6H,2,7-12H2,1H3,(H,22,26)/p+1. The molecule has 2 amide bonds. The van der Waals surface area contributed by atoms with Crippen molar-refractivity contribution in [2.24, 2.45) is 0 Å². The third kappa shape index (κ3) is 7.55. The number of ether oxygens (including phenoxy) is 1. The van der Waals surface area contributed by atoms with Gasteiger partial charge in [-0.2, -0.15) is 0 Å². The quantitative estimate of drug-likeness (QED) is 0.701. The van der Waals surface area contributed by atoms with Gasteiger partial charge in [0.15, 0.2) is 6.54 Å². The van der Waals surface area contributed by atoms with Gasteiger partial charge in [-0.05, 0) is 31.2 Å². The average Bonchev–Trinajstić information content (AvgIpc) is 2.60. The van der Waals surface area contributed by atoms with Crippen LogP contribution in [0, 0.1) is 0 Å². The number of quaternary nitrogens is 1. The monoisotopic (exact) mass is 402 g/mol. The molecule has 1 aromatic carbocycles. The number of halogens is 3. The number of Topliss-reactive ketones (excluding diaryl/α,β-unsaturated/α-hetero) is 1. The van der Waals surface area contributed by atoms with Crippen LogP contribution in [-0.4, -0.2) is 61.6 Å². The minimum absolute atomic E-state index is 0.0210. The van der Waals surface area contributed by atoms with E-state index in [-0.39, 0.29) is 42.7 Å². The first kappa shape index (κ1) is 21.7. The van der Waals surface area contributed by atoms with Crippen LogP contribution in [0.25, 0.3) is 0 Å². The summed E-state index contributed by atoms with van der Waals surface area (Å²) in [5.41, 5.74) is 0.372. The van der Waals surface area contributed by atoms with Gasteiger partial charge in [0.25, 0.3) is 5.91 Å². The number of alkyl halides is 3. The lowest BCUT2D eigenvalue weighted by molar-refractivity contribution is -0.895. The van der Waals surface area contributed by atoms with E-state index in [4.69, 9.17) is 0 Å². The maximum atomic E-state index is 12.1. The van der Waals surface area contributed by atoms with E-state index >= 15 is 0 Å². The number of carbonyl (C=O) groups is 3. The fourth-order valence-corrected chi connectivity index (χ4v) is 2.86. The molecule has 1 saturated heterocycles. The fourth-order valence-electron chi connectivity index (χ4n) is 2.86. The molecule has 2 N–H and O–H groups in total. The summed E-state index contributed by atoms with van der Waals surface area (Å²) in [7, 11) is 0. The Kier molecular flexibility index (Phi) is 7.38. The Morgan fingerprint density at radius 3 is 2.25 bits per heavy atom. The number of piperazine rings is 1. The molecule has 1 aliphatic heterocycles. The van der Waals surface area contributed by atoms with E-state index in [1.165, 1.54) is 19.1 Å².